The van der Waals surface area contributed by atoms with E-state index in [0.717, 1.165) is 31.2 Å². The number of unbranched alkanes of at least 4 members (excludes halogenated alkanes) is 1. The van der Waals surface area contributed by atoms with E-state index in [1.54, 1.807) is 30.2 Å². The number of likely N-dealkylation sites (tertiary alicyclic amines) is 1. The van der Waals surface area contributed by atoms with Gasteiger partial charge in [0.15, 0.2) is 0 Å². The van der Waals surface area contributed by atoms with Crippen LogP contribution in [0.1, 0.15) is 76.2 Å². The Morgan fingerprint density at radius 3 is 2.59 bits per heavy atom. The lowest BCUT2D eigenvalue weighted by atomic mass is 9.99. The van der Waals surface area contributed by atoms with E-state index in [9.17, 15) is 14.7 Å². The lowest BCUT2D eigenvalue weighted by Crippen LogP contribution is -2.54. The number of carbonyl (C=O) groups excluding carboxylic acids is 2. The molecular weight excluding hydrogens is 408 g/mol. The molecule has 0 aromatic heterocycles. The molecule has 1 aliphatic rings. The summed E-state index contributed by atoms with van der Waals surface area (Å²) >= 11 is 0. The van der Waals surface area contributed by atoms with E-state index in [0.29, 0.717) is 31.7 Å². The average molecular weight is 449 g/mol. The number of amides is 2. The highest BCUT2D eigenvalue weighted by atomic mass is 16.6. The average Bonchev–Trinajstić information content (AvgIpc) is 2.71. The molecule has 1 fully saturated rings. The maximum Gasteiger partial charge on any atom is 0.410 e. The molecule has 0 radical (unpaired) electrons. The van der Waals surface area contributed by atoms with Crippen molar-refractivity contribution in [2.75, 3.05) is 26.8 Å². The molecule has 0 aliphatic carbocycles. The van der Waals surface area contributed by atoms with E-state index in [-0.39, 0.29) is 29.8 Å². The lowest BCUT2D eigenvalue weighted by molar-refractivity contribution is 0.00752. The largest absolute Gasteiger partial charge is 0.508 e. The van der Waals surface area contributed by atoms with Gasteiger partial charge in [-0.3, -0.25) is 4.79 Å². The van der Waals surface area contributed by atoms with Crippen molar-refractivity contribution in [2.24, 2.45) is 0 Å². The number of hydrogen-bond acceptors (Lipinski definition) is 5. The van der Waals surface area contributed by atoms with Gasteiger partial charge in [0, 0.05) is 38.4 Å². The van der Waals surface area contributed by atoms with Gasteiger partial charge < -0.3 is 24.4 Å². The summed E-state index contributed by atoms with van der Waals surface area (Å²) in [5.41, 5.74) is 0.783. The third-order valence-electron chi connectivity index (χ3n) is 5.60. The van der Waals surface area contributed by atoms with E-state index in [1.165, 1.54) is 0 Å². The fourth-order valence-corrected chi connectivity index (χ4v) is 4.13. The van der Waals surface area contributed by atoms with Crippen molar-refractivity contribution in [1.82, 2.24) is 9.80 Å². The molecule has 1 aromatic carbocycles. The van der Waals surface area contributed by atoms with Gasteiger partial charge in [-0.15, -0.1) is 0 Å². The van der Waals surface area contributed by atoms with E-state index in [4.69, 9.17) is 9.47 Å². The number of aromatic hydroxyl groups is 1. The van der Waals surface area contributed by atoms with Gasteiger partial charge in [0.05, 0.1) is 6.04 Å². The fourth-order valence-electron chi connectivity index (χ4n) is 4.13. The molecule has 1 aromatic rings. The predicted octanol–water partition coefficient (Wildman–Crippen LogP) is 4.61. The van der Waals surface area contributed by atoms with Gasteiger partial charge in [0.25, 0.3) is 5.91 Å². The molecule has 1 unspecified atom stereocenters. The third-order valence-corrected chi connectivity index (χ3v) is 5.60. The number of piperidine rings is 1. The number of nitrogens with zero attached hydrogens (tertiary/aromatic N) is 2. The van der Waals surface area contributed by atoms with Crippen LogP contribution in [-0.4, -0.2) is 71.4 Å². The second-order valence-electron chi connectivity index (χ2n) is 9.82. The highest BCUT2D eigenvalue weighted by Gasteiger charge is 2.34. The Morgan fingerprint density at radius 1 is 1.25 bits per heavy atom. The monoisotopic (exact) mass is 448 g/mol. The number of aryl methyl sites for hydroxylation is 1. The number of carbonyl (C=O) groups is 2. The first-order valence-corrected chi connectivity index (χ1v) is 11.6. The van der Waals surface area contributed by atoms with Crippen LogP contribution in [0.2, 0.25) is 0 Å². The molecule has 0 bridgehead atoms. The molecule has 1 N–H and O–H groups in total. The van der Waals surface area contributed by atoms with Gasteiger partial charge in [-0.1, -0.05) is 0 Å². The maximum absolute atomic E-state index is 13.5. The van der Waals surface area contributed by atoms with Gasteiger partial charge in [-0.2, -0.15) is 0 Å². The van der Waals surface area contributed by atoms with Crippen molar-refractivity contribution in [1.29, 1.82) is 0 Å². The summed E-state index contributed by atoms with van der Waals surface area (Å²) in [5.74, 6) is 0.137. The van der Waals surface area contributed by atoms with Crippen LogP contribution in [0, 0.1) is 0 Å². The molecule has 1 saturated heterocycles. The summed E-state index contributed by atoms with van der Waals surface area (Å²) in [7, 11) is 1.67. The Kier molecular flexibility index (Phi) is 9.37. The zero-order chi connectivity index (χ0) is 23.9. The Bertz CT molecular complexity index is 772. The minimum absolute atomic E-state index is 0.0231. The van der Waals surface area contributed by atoms with Gasteiger partial charge >= 0.3 is 6.09 Å². The normalized spacial score (nSPS) is 16.8. The van der Waals surface area contributed by atoms with Gasteiger partial charge in [-0.05, 0) is 90.5 Å². The van der Waals surface area contributed by atoms with Crippen LogP contribution in [-0.2, 0) is 15.9 Å². The molecule has 0 spiro atoms. The van der Waals surface area contributed by atoms with E-state index in [2.05, 4.69) is 0 Å². The molecular formula is C25H40N2O5. The molecule has 7 nitrogen and oxygen atoms in total. The van der Waals surface area contributed by atoms with Crippen molar-refractivity contribution in [3.8, 4) is 5.75 Å². The topological polar surface area (TPSA) is 79.3 Å². The van der Waals surface area contributed by atoms with Crippen LogP contribution in [0.3, 0.4) is 0 Å². The lowest BCUT2D eigenvalue weighted by Gasteiger charge is -2.41. The van der Waals surface area contributed by atoms with Gasteiger partial charge in [-0.25, -0.2) is 4.79 Å². The fraction of sp³-hybridized carbons (Fsp3) is 0.680. The summed E-state index contributed by atoms with van der Waals surface area (Å²) in [5, 5.41) is 10.2. The molecule has 1 atom stereocenters. The van der Waals surface area contributed by atoms with E-state index >= 15 is 0 Å². The predicted molar refractivity (Wildman–Crippen MR) is 125 cm³/mol. The molecule has 7 heteroatoms. The Labute approximate surface area is 192 Å². The Hall–Kier alpha value is -2.28. The highest BCUT2D eigenvalue weighted by Crippen LogP contribution is 2.25. The Balaban J connectivity index is 2.16. The molecule has 32 heavy (non-hydrogen) atoms. The number of benzene rings is 1. The smallest absolute Gasteiger partial charge is 0.410 e. The summed E-state index contributed by atoms with van der Waals surface area (Å²) in [6, 6.07) is 4.98. The van der Waals surface area contributed by atoms with Crippen molar-refractivity contribution in [3.05, 3.63) is 29.3 Å². The minimum atomic E-state index is -0.552. The van der Waals surface area contributed by atoms with Crippen LogP contribution < -0.4 is 0 Å². The minimum Gasteiger partial charge on any atom is -0.508 e. The van der Waals surface area contributed by atoms with Crippen molar-refractivity contribution >= 4 is 12.0 Å². The second-order valence-corrected chi connectivity index (χ2v) is 9.82. The molecule has 2 amide bonds. The van der Waals surface area contributed by atoms with Crippen LogP contribution in [0.5, 0.6) is 5.75 Å². The number of methoxy groups -OCH3 is 1. The zero-order valence-electron chi connectivity index (χ0n) is 20.5. The summed E-state index contributed by atoms with van der Waals surface area (Å²) in [4.78, 5) is 29.7. The number of ether oxygens (including phenoxy) is 2. The highest BCUT2D eigenvalue weighted by molar-refractivity contribution is 5.95. The molecule has 1 heterocycles. The van der Waals surface area contributed by atoms with E-state index in [1.807, 2.05) is 39.5 Å². The maximum atomic E-state index is 13.5. The number of phenols is 1. The molecule has 2 rings (SSSR count). The first kappa shape index (κ1) is 26.0. The van der Waals surface area contributed by atoms with Gasteiger partial charge in [0.1, 0.15) is 11.4 Å². The van der Waals surface area contributed by atoms with Crippen molar-refractivity contribution in [3.63, 3.8) is 0 Å². The molecule has 0 saturated carbocycles. The number of hydrogen-bond donors (Lipinski definition) is 1. The van der Waals surface area contributed by atoms with Crippen LogP contribution in [0.25, 0.3) is 0 Å². The van der Waals surface area contributed by atoms with Crippen molar-refractivity contribution in [2.45, 2.75) is 84.4 Å². The third kappa shape index (κ3) is 7.40. The standard InChI is InChI=1S/C25H40N2O5/c1-18(2)27(21-11-9-14-26(17-21)24(30)32-25(3,4)5)23(29)20-12-13-22(28)19(16-20)10-7-8-15-31-6/h12-13,16,18,21,28H,7-11,14-15,17H2,1-6H3. The summed E-state index contributed by atoms with van der Waals surface area (Å²) < 4.78 is 10.6. The van der Waals surface area contributed by atoms with Crippen LogP contribution >= 0.6 is 0 Å². The summed E-state index contributed by atoms with van der Waals surface area (Å²) in [6.07, 6.45) is 3.79. The first-order valence-electron chi connectivity index (χ1n) is 11.6. The quantitative estimate of drug-likeness (QED) is 0.588. The SMILES string of the molecule is COCCCCc1cc(C(=O)N(C(C)C)C2CCCN(C(=O)OC(C)(C)C)C2)ccc1O. The number of phenolic OH excluding ortho intramolecular Hbond substituents is 1. The second kappa shape index (κ2) is 11.5. The van der Waals surface area contributed by atoms with E-state index < -0.39 is 5.60 Å². The van der Waals surface area contributed by atoms with Crippen molar-refractivity contribution < 1.29 is 24.2 Å². The zero-order valence-corrected chi connectivity index (χ0v) is 20.5. The van der Waals surface area contributed by atoms with Crippen LogP contribution in [0.15, 0.2) is 18.2 Å². The first-order chi connectivity index (χ1) is 15.0. The molecule has 180 valence electrons. The Morgan fingerprint density at radius 2 is 1.97 bits per heavy atom. The van der Waals surface area contributed by atoms with Gasteiger partial charge in [0.2, 0.25) is 0 Å². The van der Waals surface area contributed by atoms with Crippen LogP contribution in [0.4, 0.5) is 4.79 Å². The number of rotatable bonds is 8. The summed E-state index contributed by atoms with van der Waals surface area (Å²) in [6.45, 7) is 11.3. The molecule has 1 aliphatic heterocycles.